The van der Waals surface area contributed by atoms with Crippen LogP contribution in [-0.2, 0) is 0 Å². The summed E-state index contributed by atoms with van der Waals surface area (Å²) < 4.78 is 24.7. The van der Waals surface area contributed by atoms with Crippen LogP contribution in [0.25, 0.3) is 11.1 Å². The van der Waals surface area contributed by atoms with E-state index in [0.717, 1.165) is 0 Å². The molecule has 0 saturated carbocycles. The van der Waals surface area contributed by atoms with E-state index in [9.17, 15) is 9.18 Å². The lowest BCUT2D eigenvalue weighted by atomic mass is 9.97. The molecular weight excluding hydrogens is 297 g/mol. The lowest BCUT2D eigenvalue weighted by Gasteiger charge is -2.14. The molecule has 0 aliphatic carbocycles. The Bertz CT molecular complexity index is 704. The van der Waals surface area contributed by atoms with Gasteiger partial charge in [0.1, 0.15) is 11.6 Å². The van der Waals surface area contributed by atoms with Crippen LogP contribution in [0, 0.1) is 5.82 Å². The molecule has 0 aliphatic heterocycles. The molecule has 1 aromatic carbocycles. The van der Waals surface area contributed by atoms with Crippen LogP contribution in [0.3, 0.4) is 0 Å². The molecule has 0 amide bonds. The predicted octanol–water partition coefficient (Wildman–Crippen LogP) is 3.76. The molecule has 1 aromatic heterocycles. The van der Waals surface area contributed by atoms with Gasteiger partial charge in [0.05, 0.1) is 25.4 Å². The topological polar surface area (TPSA) is 48.4 Å². The molecule has 0 atom stereocenters. The molecule has 2 aromatic rings. The summed E-state index contributed by atoms with van der Waals surface area (Å²) in [6.07, 6.45) is 1.40. The van der Waals surface area contributed by atoms with Gasteiger partial charge in [-0.1, -0.05) is 11.6 Å². The first-order valence-electron chi connectivity index (χ1n) is 6.07. The summed E-state index contributed by atoms with van der Waals surface area (Å²) in [5.74, 6) is -0.367. The molecule has 0 fully saturated rings. The lowest BCUT2D eigenvalue weighted by Crippen LogP contribution is -2.02. The SMILES string of the molecule is COc1cc(-c2c(C(C)=O)ccc(Cl)c2F)c(OC)cn1. The molecule has 0 saturated heterocycles. The molecule has 0 radical (unpaired) electrons. The zero-order valence-electron chi connectivity index (χ0n) is 11.7. The third kappa shape index (κ3) is 2.83. The van der Waals surface area contributed by atoms with Crippen molar-refractivity contribution < 1.29 is 18.7 Å². The zero-order valence-corrected chi connectivity index (χ0v) is 12.5. The monoisotopic (exact) mass is 309 g/mol. The summed E-state index contributed by atoms with van der Waals surface area (Å²) in [5.41, 5.74) is 0.644. The summed E-state index contributed by atoms with van der Waals surface area (Å²) in [6.45, 7) is 1.36. The number of carbonyl (C=O) groups excluding carboxylic acids is 1. The molecule has 1 heterocycles. The van der Waals surface area contributed by atoms with Crippen LogP contribution < -0.4 is 9.47 Å². The molecule has 2 rings (SSSR count). The van der Waals surface area contributed by atoms with E-state index in [2.05, 4.69) is 4.98 Å². The number of aromatic nitrogens is 1. The van der Waals surface area contributed by atoms with Gasteiger partial charge in [-0.05, 0) is 19.1 Å². The Kier molecular flexibility index (Phi) is 4.43. The lowest BCUT2D eigenvalue weighted by molar-refractivity contribution is 0.101. The van der Waals surface area contributed by atoms with Gasteiger partial charge in [-0.2, -0.15) is 0 Å². The molecule has 0 N–H and O–H groups in total. The zero-order chi connectivity index (χ0) is 15.6. The molecule has 6 heteroatoms. The first kappa shape index (κ1) is 15.3. The van der Waals surface area contributed by atoms with Crippen molar-refractivity contribution in [2.75, 3.05) is 14.2 Å². The number of halogens is 2. The fraction of sp³-hybridized carbons (Fsp3) is 0.200. The van der Waals surface area contributed by atoms with Crippen molar-refractivity contribution in [2.24, 2.45) is 0 Å². The molecule has 0 unspecified atom stereocenters. The van der Waals surface area contributed by atoms with Crippen LogP contribution >= 0.6 is 11.6 Å². The van der Waals surface area contributed by atoms with E-state index in [-0.39, 0.29) is 27.8 Å². The highest BCUT2D eigenvalue weighted by atomic mass is 35.5. The standard InChI is InChI=1S/C15H13ClFNO3/c1-8(19)9-4-5-11(16)15(17)14(9)10-6-13(21-3)18-7-12(10)20-2/h4-7H,1-3H3. The Morgan fingerprint density at radius 1 is 1.29 bits per heavy atom. The smallest absolute Gasteiger partial charge is 0.213 e. The molecule has 21 heavy (non-hydrogen) atoms. The highest BCUT2D eigenvalue weighted by Gasteiger charge is 2.21. The Hall–Kier alpha value is -2.14. The van der Waals surface area contributed by atoms with Gasteiger partial charge >= 0.3 is 0 Å². The van der Waals surface area contributed by atoms with Crippen LogP contribution in [0.5, 0.6) is 11.6 Å². The van der Waals surface area contributed by atoms with Gasteiger partial charge in [-0.3, -0.25) is 4.79 Å². The van der Waals surface area contributed by atoms with Crippen molar-refractivity contribution in [2.45, 2.75) is 6.92 Å². The molecule has 0 aliphatic rings. The van der Waals surface area contributed by atoms with Gasteiger partial charge in [0.15, 0.2) is 5.78 Å². The van der Waals surface area contributed by atoms with Crippen LogP contribution in [0.1, 0.15) is 17.3 Å². The second-order valence-electron chi connectivity index (χ2n) is 4.27. The number of pyridine rings is 1. The maximum absolute atomic E-state index is 14.5. The quantitative estimate of drug-likeness (QED) is 0.807. The van der Waals surface area contributed by atoms with Gasteiger partial charge in [-0.25, -0.2) is 9.37 Å². The fourth-order valence-electron chi connectivity index (χ4n) is 2.00. The van der Waals surface area contributed by atoms with E-state index in [4.69, 9.17) is 21.1 Å². The normalized spacial score (nSPS) is 10.3. The molecule has 0 bridgehead atoms. The van der Waals surface area contributed by atoms with Gasteiger partial charge < -0.3 is 9.47 Å². The molecule has 110 valence electrons. The largest absolute Gasteiger partial charge is 0.494 e. The van der Waals surface area contributed by atoms with E-state index >= 15 is 0 Å². The minimum atomic E-state index is -0.684. The Balaban J connectivity index is 2.82. The minimum absolute atomic E-state index is 0.0761. The van der Waals surface area contributed by atoms with Gasteiger partial charge in [0.25, 0.3) is 0 Å². The van der Waals surface area contributed by atoms with Gasteiger partial charge in [0.2, 0.25) is 5.88 Å². The Morgan fingerprint density at radius 2 is 2.00 bits per heavy atom. The third-order valence-electron chi connectivity index (χ3n) is 3.01. The van der Waals surface area contributed by atoms with Crippen LogP contribution in [0.2, 0.25) is 5.02 Å². The van der Waals surface area contributed by atoms with Crippen LogP contribution in [0.4, 0.5) is 4.39 Å². The van der Waals surface area contributed by atoms with Crippen LogP contribution in [0.15, 0.2) is 24.4 Å². The van der Waals surface area contributed by atoms with Crippen LogP contribution in [-0.4, -0.2) is 25.0 Å². The van der Waals surface area contributed by atoms with Gasteiger partial charge in [0, 0.05) is 22.8 Å². The summed E-state index contributed by atoms with van der Waals surface area (Å²) in [7, 11) is 2.88. The van der Waals surface area contributed by atoms with E-state index < -0.39 is 5.82 Å². The number of ether oxygens (including phenoxy) is 2. The maximum Gasteiger partial charge on any atom is 0.213 e. The van der Waals surface area contributed by atoms with Crippen molar-refractivity contribution in [1.29, 1.82) is 0 Å². The van der Waals surface area contributed by atoms with Crippen molar-refractivity contribution in [3.05, 3.63) is 40.8 Å². The average Bonchev–Trinajstić information content (AvgIpc) is 2.48. The number of hydrogen-bond acceptors (Lipinski definition) is 4. The predicted molar refractivity (Wildman–Crippen MR) is 77.7 cm³/mol. The number of carbonyl (C=O) groups is 1. The van der Waals surface area contributed by atoms with Gasteiger partial charge in [-0.15, -0.1) is 0 Å². The number of methoxy groups -OCH3 is 2. The van der Waals surface area contributed by atoms with Crippen molar-refractivity contribution in [1.82, 2.24) is 4.98 Å². The van der Waals surface area contributed by atoms with Crippen molar-refractivity contribution in [3.8, 4) is 22.8 Å². The van der Waals surface area contributed by atoms with E-state index in [1.165, 1.54) is 45.5 Å². The number of hydrogen-bond donors (Lipinski definition) is 0. The minimum Gasteiger partial charge on any atom is -0.494 e. The summed E-state index contributed by atoms with van der Waals surface area (Å²) in [4.78, 5) is 15.8. The first-order valence-corrected chi connectivity index (χ1v) is 6.44. The number of Topliss-reactive ketones (excluding diaryl/α,β-unsaturated/α-hetero) is 1. The number of benzene rings is 1. The number of nitrogens with zero attached hydrogens (tertiary/aromatic N) is 1. The second-order valence-corrected chi connectivity index (χ2v) is 4.67. The Labute approximate surface area is 126 Å². The summed E-state index contributed by atoms with van der Waals surface area (Å²) >= 11 is 5.84. The highest BCUT2D eigenvalue weighted by molar-refractivity contribution is 6.31. The summed E-state index contributed by atoms with van der Waals surface area (Å²) in [6, 6.07) is 4.33. The average molecular weight is 310 g/mol. The fourth-order valence-corrected chi connectivity index (χ4v) is 2.16. The van der Waals surface area contributed by atoms with E-state index in [1.54, 1.807) is 0 Å². The number of ketones is 1. The van der Waals surface area contributed by atoms with Crippen molar-refractivity contribution in [3.63, 3.8) is 0 Å². The molecule has 4 nitrogen and oxygen atoms in total. The number of rotatable bonds is 4. The second kappa shape index (κ2) is 6.10. The van der Waals surface area contributed by atoms with E-state index in [1.807, 2.05) is 0 Å². The maximum atomic E-state index is 14.5. The Morgan fingerprint density at radius 3 is 2.57 bits per heavy atom. The third-order valence-corrected chi connectivity index (χ3v) is 3.31. The van der Waals surface area contributed by atoms with Crippen molar-refractivity contribution >= 4 is 17.4 Å². The first-order chi connectivity index (χ1) is 9.99. The molecule has 0 spiro atoms. The highest BCUT2D eigenvalue weighted by Crippen LogP contribution is 2.38. The molecular formula is C15H13ClFNO3. The van der Waals surface area contributed by atoms with E-state index in [0.29, 0.717) is 11.3 Å². The summed E-state index contributed by atoms with van der Waals surface area (Å²) in [5, 5.41) is -0.0761.